The Morgan fingerprint density at radius 2 is 1.57 bits per heavy atom. The number of hydrogen-bond donors (Lipinski definition) is 3. The molecule has 0 unspecified atom stereocenters. The molecule has 0 aliphatic heterocycles. The number of hydrogen-bond acceptors (Lipinski definition) is 3. The maximum absolute atomic E-state index is 12.4. The molecule has 0 atom stereocenters. The fourth-order valence-corrected chi connectivity index (χ4v) is 2.31. The normalized spacial score (nSPS) is 10.2. The lowest BCUT2D eigenvalue weighted by Gasteiger charge is -2.14. The van der Waals surface area contributed by atoms with Crippen LogP contribution in [0.5, 0.6) is 0 Å². The van der Waals surface area contributed by atoms with Gasteiger partial charge in [0, 0.05) is 16.9 Å². The molecular formula is C17H21N3O. The number of para-hydroxylation sites is 1. The fourth-order valence-electron chi connectivity index (χ4n) is 2.31. The number of nitrogens with two attached hydrogens (primary N) is 1. The second-order valence-electron chi connectivity index (χ2n) is 4.83. The van der Waals surface area contributed by atoms with E-state index in [1.54, 1.807) is 24.3 Å². The largest absolute Gasteiger partial charge is 0.324 e. The minimum atomic E-state index is -0.103. The van der Waals surface area contributed by atoms with Gasteiger partial charge in [-0.3, -0.25) is 10.6 Å². The summed E-state index contributed by atoms with van der Waals surface area (Å²) in [6, 6.07) is 13.2. The maximum Gasteiger partial charge on any atom is 0.255 e. The van der Waals surface area contributed by atoms with Gasteiger partial charge in [0.15, 0.2) is 0 Å². The van der Waals surface area contributed by atoms with Crippen molar-refractivity contribution in [2.24, 2.45) is 5.84 Å². The highest BCUT2D eigenvalue weighted by Gasteiger charge is 2.11. The fraction of sp³-hybridized carbons (Fsp3) is 0.235. The van der Waals surface area contributed by atoms with E-state index in [1.165, 1.54) is 0 Å². The molecule has 0 saturated carbocycles. The monoisotopic (exact) mass is 283 g/mol. The summed E-state index contributed by atoms with van der Waals surface area (Å²) in [5.74, 6) is 5.22. The lowest BCUT2D eigenvalue weighted by molar-refractivity contribution is 0.102. The third-order valence-corrected chi connectivity index (χ3v) is 3.55. The van der Waals surface area contributed by atoms with Crippen molar-refractivity contribution in [2.45, 2.75) is 26.7 Å². The van der Waals surface area contributed by atoms with Crippen molar-refractivity contribution in [3.63, 3.8) is 0 Å². The number of benzene rings is 2. The highest BCUT2D eigenvalue weighted by atomic mass is 16.1. The molecule has 4 nitrogen and oxygen atoms in total. The van der Waals surface area contributed by atoms with Crippen LogP contribution in [0.1, 0.15) is 35.3 Å². The highest BCUT2D eigenvalue weighted by molar-refractivity contribution is 6.05. The number of nitrogens with one attached hydrogen (secondary N) is 2. The second-order valence-corrected chi connectivity index (χ2v) is 4.83. The first-order chi connectivity index (χ1) is 10.2. The van der Waals surface area contributed by atoms with Gasteiger partial charge in [-0.25, -0.2) is 0 Å². The van der Waals surface area contributed by atoms with Crippen LogP contribution in [0.25, 0.3) is 0 Å². The van der Waals surface area contributed by atoms with Crippen LogP contribution in [0, 0.1) is 0 Å². The third kappa shape index (κ3) is 3.41. The summed E-state index contributed by atoms with van der Waals surface area (Å²) in [7, 11) is 0. The van der Waals surface area contributed by atoms with Gasteiger partial charge in [0.25, 0.3) is 5.91 Å². The van der Waals surface area contributed by atoms with Crippen molar-refractivity contribution in [3.8, 4) is 0 Å². The van der Waals surface area contributed by atoms with Crippen molar-refractivity contribution < 1.29 is 4.79 Å². The first-order valence-electron chi connectivity index (χ1n) is 7.18. The molecule has 2 aromatic rings. The Morgan fingerprint density at radius 1 is 1.00 bits per heavy atom. The maximum atomic E-state index is 12.4. The number of carbonyl (C=O) groups excluding carboxylic acids is 1. The molecule has 0 heterocycles. The van der Waals surface area contributed by atoms with E-state index in [4.69, 9.17) is 5.84 Å². The Balaban J connectivity index is 2.26. The van der Waals surface area contributed by atoms with Crippen LogP contribution in [0.3, 0.4) is 0 Å². The molecular weight excluding hydrogens is 262 g/mol. The van der Waals surface area contributed by atoms with Crippen LogP contribution in [0.4, 0.5) is 11.4 Å². The zero-order valence-corrected chi connectivity index (χ0v) is 12.4. The molecule has 0 saturated heterocycles. The number of hydrazine groups is 1. The zero-order valence-electron chi connectivity index (χ0n) is 12.4. The van der Waals surface area contributed by atoms with Gasteiger partial charge in [-0.15, -0.1) is 0 Å². The number of aryl methyl sites for hydroxylation is 2. The second kappa shape index (κ2) is 6.90. The smallest absolute Gasteiger partial charge is 0.255 e. The molecule has 2 rings (SSSR count). The lowest BCUT2D eigenvalue weighted by atomic mass is 10.0. The van der Waals surface area contributed by atoms with E-state index in [9.17, 15) is 4.79 Å². The van der Waals surface area contributed by atoms with Crippen molar-refractivity contribution >= 4 is 17.3 Å². The van der Waals surface area contributed by atoms with Crippen LogP contribution in [0.2, 0.25) is 0 Å². The van der Waals surface area contributed by atoms with Crippen LogP contribution in [-0.2, 0) is 12.8 Å². The van der Waals surface area contributed by atoms with Crippen molar-refractivity contribution in [2.75, 3.05) is 10.7 Å². The minimum Gasteiger partial charge on any atom is -0.324 e. The summed E-state index contributed by atoms with van der Waals surface area (Å²) in [4.78, 5) is 12.4. The van der Waals surface area contributed by atoms with Gasteiger partial charge in [0.1, 0.15) is 0 Å². The Bertz CT molecular complexity index is 598. The molecule has 110 valence electrons. The van der Waals surface area contributed by atoms with Crippen LogP contribution < -0.4 is 16.6 Å². The predicted octanol–water partition coefficient (Wildman–Crippen LogP) is 3.35. The Hall–Kier alpha value is -2.33. The van der Waals surface area contributed by atoms with Gasteiger partial charge in [0.2, 0.25) is 0 Å². The first-order valence-corrected chi connectivity index (χ1v) is 7.18. The number of anilines is 2. The highest BCUT2D eigenvalue weighted by Crippen LogP contribution is 2.23. The van der Waals surface area contributed by atoms with Gasteiger partial charge in [-0.2, -0.15) is 0 Å². The standard InChI is InChI=1S/C17H21N3O/c1-3-12-6-5-7-13(4-2)16(12)19-17(21)14-8-10-15(20-18)11-9-14/h5-11,20H,3-4,18H2,1-2H3,(H,19,21). The van der Waals surface area contributed by atoms with E-state index < -0.39 is 0 Å². The molecule has 2 aromatic carbocycles. The Labute approximate surface area is 125 Å². The van der Waals surface area contributed by atoms with E-state index in [1.807, 2.05) is 6.07 Å². The number of rotatable bonds is 5. The summed E-state index contributed by atoms with van der Waals surface area (Å²) in [5, 5.41) is 3.04. The first kappa shape index (κ1) is 15.1. The van der Waals surface area contributed by atoms with E-state index >= 15 is 0 Å². The number of carbonyl (C=O) groups is 1. The van der Waals surface area contributed by atoms with E-state index in [-0.39, 0.29) is 5.91 Å². The molecule has 0 aliphatic carbocycles. The van der Waals surface area contributed by atoms with Crippen molar-refractivity contribution in [1.82, 2.24) is 0 Å². The molecule has 0 spiro atoms. The molecule has 4 N–H and O–H groups in total. The van der Waals surface area contributed by atoms with E-state index in [0.717, 1.165) is 35.3 Å². The quantitative estimate of drug-likeness (QED) is 0.582. The molecule has 1 amide bonds. The van der Waals surface area contributed by atoms with Crippen molar-refractivity contribution in [3.05, 3.63) is 59.2 Å². The average molecular weight is 283 g/mol. The van der Waals surface area contributed by atoms with E-state index in [2.05, 4.69) is 36.7 Å². The topological polar surface area (TPSA) is 67.2 Å². The van der Waals surface area contributed by atoms with E-state index in [0.29, 0.717) is 5.56 Å². The lowest BCUT2D eigenvalue weighted by Crippen LogP contribution is -2.15. The minimum absolute atomic E-state index is 0.103. The number of nitrogen functional groups attached to an aromatic ring is 1. The van der Waals surface area contributed by atoms with Gasteiger partial charge in [0.05, 0.1) is 0 Å². The summed E-state index contributed by atoms with van der Waals surface area (Å²) in [6.45, 7) is 4.18. The van der Waals surface area contributed by atoms with Crippen LogP contribution >= 0.6 is 0 Å². The van der Waals surface area contributed by atoms with Crippen LogP contribution in [-0.4, -0.2) is 5.91 Å². The molecule has 0 aliphatic rings. The SMILES string of the molecule is CCc1cccc(CC)c1NC(=O)c1ccc(NN)cc1. The summed E-state index contributed by atoms with van der Waals surface area (Å²) >= 11 is 0. The van der Waals surface area contributed by atoms with Gasteiger partial charge in [-0.05, 0) is 48.2 Å². The Morgan fingerprint density at radius 3 is 2.05 bits per heavy atom. The van der Waals surface area contributed by atoms with Gasteiger partial charge >= 0.3 is 0 Å². The molecule has 0 radical (unpaired) electrons. The summed E-state index contributed by atoms with van der Waals surface area (Å²) < 4.78 is 0. The van der Waals surface area contributed by atoms with Crippen molar-refractivity contribution in [1.29, 1.82) is 0 Å². The molecule has 21 heavy (non-hydrogen) atoms. The molecule has 0 bridgehead atoms. The predicted molar refractivity (Wildman–Crippen MR) is 87.4 cm³/mol. The summed E-state index contributed by atoms with van der Waals surface area (Å²) in [5.41, 5.74) is 7.18. The average Bonchev–Trinajstić information content (AvgIpc) is 2.55. The van der Waals surface area contributed by atoms with Crippen LogP contribution in [0.15, 0.2) is 42.5 Å². The molecule has 0 fully saturated rings. The number of amides is 1. The zero-order chi connectivity index (χ0) is 15.2. The van der Waals surface area contributed by atoms with Gasteiger partial charge in [-0.1, -0.05) is 32.0 Å². The van der Waals surface area contributed by atoms with Gasteiger partial charge < -0.3 is 10.7 Å². The molecule has 0 aromatic heterocycles. The summed E-state index contributed by atoms with van der Waals surface area (Å²) in [6.07, 6.45) is 1.78. The Kier molecular flexibility index (Phi) is 4.95. The third-order valence-electron chi connectivity index (χ3n) is 3.55. The molecule has 4 heteroatoms.